The molecule has 1 aliphatic rings. The molecular weight excluding hydrogens is 250 g/mol. The third kappa shape index (κ3) is 2.70. The van der Waals surface area contributed by atoms with Gasteiger partial charge in [0.1, 0.15) is 0 Å². The van der Waals surface area contributed by atoms with E-state index in [9.17, 15) is 8.42 Å². The van der Waals surface area contributed by atoms with Gasteiger partial charge in [-0.25, -0.2) is 8.42 Å². The van der Waals surface area contributed by atoms with Gasteiger partial charge in [0.2, 0.25) is 10.0 Å². The summed E-state index contributed by atoms with van der Waals surface area (Å²) in [7, 11) is -3.38. The maximum atomic E-state index is 12.3. The van der Waals surface area contributed by atoms with Crippen LogP contribution in [0.25, 0.3) is 0 Å². The van der Waals surface area contributed by atoms with Crippen molar-refractivity contribution in [2.75, 3.05) is 32.7 Å². The molecular formula is C12H15N3O2S. The molecule has 96 valence electrons. The van der Waals surface area contributed by atoms with Crippen LogP contribution in [0.3, 0.4) is 0 Å². The van der Waals surface area contributed by atoms with E-state index in [-0.39, 0.29) is 0 Å². The molecule has 0 amide bonds. The molecule has 0 N–H and O–H groups in total. The van der Waals surface area contributed by atoms with Crippen molar-refractivity contribution >= 4 is 10.0 Å². The fourth-order valence-corrected chi connectivity index (χ4v) is 3.41. The van der Waals surface area contributed by atoms with E-state index in [1.54, 1.807) is 30.3 Å². The average molecular weight is 265 g/mol. The highest BCUT2D eigenvalue weighted by Gasteiger charge is 2.27. The summed E-state index contributed by atoms with van der Waals surface area (Å²) >= 11 is 0. The molecule has 0 unspecified atom stereocenters. The largest absolute Gasteiger partial charge is 0.288 e. The van der Waals surface area contributed by atoms with Crippen LogP contribution in [-0.2, 0) is 10.0 Å². The molecule has 1 fully saturated rings. The Bertz CT molecular complexity index is 528. The van der Waals surface area contributed by atoms with E-state index < -0.39 is 10.0 Å². The number of piperazine rings is 1. The molecule has 0 spiro atoms. The smallest absolute Gasteiger partial charge is 0.243 e. The van der Waals surface area contributed by atoms with Crippen LogP contribution in [0.2, 0.25) is 0 Å². The Morgan fingerprint density at radius 2 is 1.72 bits per heavy atom. The first-order valence-electron chi connectivity index (χ1n) is 5.79. The summed E-state index contributed by atoms with van der Waals surface area (Å²) in [6.07, 6.45) is 0. The summed E-state index contributed by atoms with van der Waals surface area (Å²) in [5, 5.41) is 8.60. The van der Waals surface area contributed by atoms with E-state index in [4.69, 9.17) is 5.26 Å². The molecule has 1 heterocycles. The van der Waals surface area contributed by atoms with Crippen LogP contribution in [0.1, 0.15) is 0 Å². The number of sulfonamides is 1. The molecule has 0 radical (unpaired) electrons. The summed E-state index contributed by atoms with van der Waals surface area (Å²) in [4.78, 5) is 2.29. The molecule has 1 aromatic rings. The Hall–Kier alpha value is -1.42. The lowest BCUT2D eigenvalue weighted by atomic mass is 10.4. The normalized spacial score (nSPS) is 18.4. The lowest BCUT2D eigenvalue weighted by Crippen LogP contribution is -2.48. The second-order valence-corrected chi connectivity index (χ2v) is 6.09. The molecule has 0 aliphatic carbocycles. The minimum Gasteiger partial charge on any atom is -0.288 e. The van der Waals surface area contributed by atoms with E-state index in [2.05, 4.69) is 6.07 Å². The zero-order valence-electron chi connectivity index (χ0n) is 9.99. The van der Waals surface area contributed by atoms with Crippen molar-refractivity contribution in [3.8, 4) is 6.07 Å². The first-order chi connectivity index (χ1) is 8.64. The van der Waals surface area contributed by atoms with Gasteiger partial charge in [0.25, 0.3) is 0 Å². The average Bonchev–Trinajstić information content (AvgIpc) is 2.41. The SMILES string of the molecule is N#CCN1CCN(S(=O)(=O)c2ccccc2)CC1. The van der Waals surface area contributed by atoms with Crippen LogP contribution in [0.5, 0.6) is 0 Å². The zero-order valence-corrected chi connectivity index (χ0v) is 10.8. The minimum absolute atomic E-state index is 0.332. The van der Waals surface area contributed by atoms with Crippen LogP contribution in [-0.4, -0.2) is 50.3 Å². The summed E-state index contributed by atoms with van der Waals surface area (Å²) in [6, 6.07) is 10.5. The van der Waals surface area contributed by atoms with Gasteiger partial charge < -0.3 is 0 Å². The minimum atomic E-state index is -3.38. The van der Waals surface area contributed by atoms with E-state index in [1.165, 1.54) is 4.31 Å². The number of hydrogen-bond donors (Lipinski definition) is 0. The second-order valence-electron chi connectivity index (χ2n) is 4.15. The number of nitrogens with zero attached hydrogens (tertiary/aromatic N) is 3. The van der Waals surface area contributed by atoms with Crippen molar-refractivity contribution in [2.24, 2.45) is 0 Å². The van der Waals surface area contributed by atoms with Crippen LogP contribution in [0.15, 0.2) is 35.2 Å². The van der Waals surface area contributed by atoms with Crippen molar-refractivity contribution < 1.29 is 8.42 Å². The lowest BCUT2D eigenvalue weighted by Gasteiger charge is -2.32. The number of nitriles is 1. The highest BCUT2D eigenvalue weighted by molar-refractivity contribution is 7.89. The summed E-state index contributed by atoms with van der Waals surface area (Å²) < 4.78 is 26.1. The number of hydrogen-bond acceptors (Lipinski definition) is 4. The highest BCUT2D eigenvalue weighted by Crippen LogP contribution is 2.16. The predicted octanol–water partition coefficient (Wildman–Crippen LogP) is 0.516. The summed E-state index contributed by atoms with van der Waals surface area (Å²) in [6.45, 7) is 2.47. The van der Waals surface area contributed by atoms with Crippen molar-refractivity contribution in [2.45, 2.75) is 4.90 Å². The van der Waals surface area contributed by atoms with Gasteiger partial charge in [-0.2, -0.15) is 9.57 Å². The maximum Gasteiger partial charge on any atom is 0.243 e. The molecule has 1 aromatic carbocycles. The van der Waals surface area contributed by atoms with Crippen molar-refractivity contribution in [3.05, 3.63) is 30.3 Å². The first kappa shape index (κ1) is 13.0. The molecule has 18 heavy (non-hydrogen) atoms. The third-order valence-corrected chi connectivity index (χ3v) is 4.92. The predicted molar refractivity (Wildman–Crippen MR) is 67.3 cm³/mol. The highest BCUT2D eigenvalue weighted by atomic mass is 32.2. The molecule has 0 saturated carbocycles. The maximum absolute atomic E-state index is 12.3. The molecule has 1 saturated heterocycles. The monoisotopic (exact) mass is 265 g/mol. The fraction of sp³-hybridized carbons (Fsp3) is 0.417. The Balaban J connectivity index is 2.08. The fourth-order valence-electron chi connectivity index (χ4n) is 1.97. The first-order valence-corrected chi connectivity index (χ1v) is 7.23. The van der Waals surface area contributed by atoms with Crippen molar-refractivity contribution in [3.63, 3.8) is 0 Å². The molecule has 6 heteroatoms. The molecule has 2 rings (SSSR count). The quantitative estimate of drug-likeness (QED) is 0.747. The molecule has 0 aromatic heterocycles. The van der Waals surface area contributed by atoms with Crippen molar-refractivity contribution in [1.29, 1.82) is 5.26 Å². The summed E-state index contributed by atoms with van der Waals surface area (Å²) in [5.41, 5.74) is 0. The van der Waals surface area contributed by atoms with E-state index in [0.29, 0.717) is 37.6 Å². The standard InChI is InChI=1S/C12H15N3O2S/c13-6-7-14-8-10-15(11-9-14)18(16,17)12-4-2-1-3-5-12/h1-5H,7-11H2. The molecule has 0 atom stereocenters. The van der Waals surface area contributed by atoms with Gasteiger partial charge in [0, 0.05) is 26.2 Å². The van der Waals surface area contributed by atoms with Crippen LogP contribution in [0.4, 0.5) is 0 Å². The lowest BCUT2D eigenvalue weighted by molar-refractivity contribution is 0.206. The Labute approximate surface area is 107 Å². The van der Waals surface area contributed by atoms with Crippen LogP contribution in [0, 0.1) is 11.3 Å². The Morgan fingerprint density at radius 1 is 1.11 bits per heavy atom. The van der Waals surface area contributed by atoms with Gasteiger partial charge in [0.15, 0.2) is 0 Å². The Kier molecular flexibility index (Phi) is 3.97. The van der Waals surface area contributed by atoms with E-state index in [1.807, 2.05) is 4.90 Å². The second kappa shape index (κ2) is 5.48. The molecule has 1 aliphatic heterocycles. The van der Waals surface area contributed by atoms with Gasteiger partial charge in [-0.3, -0.25) is 4.90 Å². The van der Waals surface area contributed by atoms with Gasteiger partial charge in [0.05, 0.1) is 17.5 Å². The number of benzene rings is 1. The third-order valence-electron chi connectivity index (χ3n) is 3.01. The Morgan fingerprint density at radius 3 is 2.28 bits per heavy atom. The molecule has 0 bridgehead atoms. The van der Waals surface area contributed by atoms with E-state index in [0.717, 1.165) is 0 Å². The van der Waals surface area contributed by atoms with Gasteiger partial charge in [-0.15, -0.1) is 0 Å². The van der Waals surface area contributed by atoms with Crippen LogP contribution >= 0.6 is 0 Å². The van der Waals surface area contributed by atoms with Gasteiger partial charge in [-0.05, 0) is 12.1 Å². The van der Waals surface area contributed by atoms with Gasteiger partial charge in [-0.1, -0.05) is 18.2 Å². The van der Waals surface area contributed by atoms with Crippen LogP contribution < -0.4 is 0 Å². The number of rotatable bonds is 3. The van der Waals surface area contributed by atoms with E-state index >= 15 is 0 Å². The topological polar surface area (TPSA) is 64.4 Å². The molecule has 5 nitrogen and oxygen atoms in total. The zero-order chi connectivity index (χ0) is 13.0. The van der Waals surface area contributed by atoms with Gasteiger partial charge >= 0.3 is 0 Å². The van der Waals surface area contributed by atoms with Crippen molar-refractivity contribution in [1.82, 2.24) is 9.21 Å². The summed E-state index contributed by atoms with van der Waals surface area (Å²) in [5.74, 6) is 0.